The third-order valence-electron chi connectivity index (χ3n) is 3.34. The van der Waals surface area contributed by atoms with Crippen LogP contribution in [-0.4, -0.2) is 27.7 Å². The lowest BCUT2D eigenvalue weighted by Crippen LogP contribution is -2.29. The second-order valence-electron chi connectivity index (χ2n) is 4.84. The Hall–Kier alpha value is -0.590. The Morgan fingerprint density at radius 3 is 3.00 bits per heavy atom. The summed E-state index contributed by atoms with van der Waals surface area (Å²) in [7, 11) is 0. The van der Waals surface area contributed by atoms with Gasteiger partial charge in [-0.25, -0.2) is 4.42 Å². The zero-order chi connectivity index (χ0) is 14.5. The number of nitrogens with zero attached hydrogens (tertiary/aromatic N) is 1. The van der Waals surface area contributed by atoms with Crippen molar-refractivity contribution in [2.24, 2.45) is 0 Å². The van der Waals surface area contributed by atoms with Crippen molar-refractivity contribution in [2.75, 3.05) is 13.1 Å². The molecule has 1 unspecified atom stereocenters. The van der Waals surface area contributed by atoms with Gasteiger partial charge in [0.1, 0.15) is 0 Å². The highest BCUT2D eigenvalue weighted by Crippen LogP contribution is 2.27. The molecule has 2 rings (SSSR count). The van der Waals surface area contributed by atoms with Gasteiger partial charge in [-0.3, -0.25) is 0 Å². The van der Waals surface area contributed by atoms with Crippen LogP contribution in [0.2, 0.25) is 0 Å². The summed E-state index contributed by atoms with van der Waals surface area (Å²) in [5.74, 6) is 0. The molecule has 0 aliphatic carbocycles. The van der Waals surface area contributed by atoms with E-state index < -0.39 is 0 Å². The van der Waals surface area contributed by atoms with Crippen molar-refractivity contribution < 1.29 is 5.21 Å². The van der Waals surface area contributed by atoms with Crippen LogP contribution in [0.3, 0.4) is 0 Å². The highest BCUT2D eigenvalue weighted by molar-refractivity contribution is 9.10. The van der Waals surface area contributed by atoms with Crippen molar-refractivity contribution in [3.05, 3.63) is 34.4 Å². The van der Waals surface area contributed by atoms with Gasteiger partial charge in [0, 0.05) is 34.7 Å². The number of hydrogen-bond donors (Lipinski definition) is 3. The maximum absolute atomic E-state index is 9.43. The van der Waals surface area contributed by atoms with Crippen molar-refractivity contribution >= 4 is 38.6 Å². The molecule has 1 atom stereocenters. The lowest BCUT2D eigenvalue weighted by atomic mass is 10.1. The second kappa shape index (κ2) is 7.43. The Kier molecular flexibility index (Phi) is 5.86. The number of aromatic nitrogens is 1. The van der Waals surface area contributed by atoms with Crippen molar-refractivity contribution in [2.45, 2.75) is 25.8 Å². The number of unbranched alkanes of at least 4 members (excludes halogenated alkanes) is 1. The molecule has 0 saturated heterocycles. The van der Waals surface area contributed by atoms with Gasteiger partial charge in [0.15, 0.2) is 0 Å². The average molecular weight is 361 g/mol. The molecule has 0 spiro atoms. The SMILES string of the molecule is CCCCN(Cl)CC(NO)c1c[nH]c2cc(Br)ccc12. The number of fused-ring (bicyclic) bond motifs is 1. The molecule has 0 aliphatic rings. The van der Waals surface area contributed by atoms with Crippen LogP contribution < -0.4 is 5.48 Å². The summed E-state index contributed by atoms with van der Waals surface area (Å²) in [5.41, 5.74) is 4.40. The number of hydroxylamine groups is 1. The summed E-state index contributed by atoms with van der Waals surface area (Å²) in [4.78, 5) is 3.22. The summed E-state index contributed by atoms with van der Waals surface area (Å²) in [6.45, 7) is 3.48. The molecule has 1 aromatic carbocycles. The van der Waals surface area contributed by atoms with E-state index in [1.54, 1.807) is 4.42 Å². The molecule has 0 aliphatic heterocycles. The van der Waals surface area contributed by atoms with E-state index in [9.17, 15) is 5.21 Å². The summed E-state index contributed by atoms with van der Waals surface area (Å²) in [6.07, 6.45) is 4.06. The fourth-order valence-corrected chi connectivity index (χ4v) is 2.86. The fraction of sp³-hybridized carbons (Fsp3) is 0.429. The lowest BCUT2D eigenvalue weighted by molar-refractivity contribution is 0.116. The standard InChI is InChI=1S/C14H19BrClN3O/c1-2-3-6-19(16)9-14(18-20)12-8-17-13-7-10(15)4-5-11(12)13/h4-5,7-8,14,17-18,20H,2-3,6,9H2,1H3. The molecule has 4 nitrogen and oxygen atoms in total. The second-order valence-corrected chi connectivity index (χ2v) is 6.23. The minimum atomic E-state index is -0.223. The van der Waals surface area contributed by atoms with Gasteiger partial charge >= 0.3 is 0 Å². The third kappa shape index (κ3) is 3.74. The number of hydrogen-bond acceptors (Lipinski definition) is 3. The van der Waals surface area contributed by atoms with Gasteiger partial charge in [0.2, 0.25) is 0 Å². The Morgan fingerprint density at radius 1 is 1.50 bits per heavy atom. The first-order valence-electron chi connectivity index (χ1n) is 6.72. The smallest absolute Gasteiger partial charge is 0.0729 e. The van der Waals surface area contributed by atoms with Gasteiger partial charge < -0.3 is 10.2 Å². The van der Waals surface area contributed by atoms with E-state index in [4.69, 9.17) is 11.8 Å². The largest absolute Gasteiger partial charge is 0.361 e. The quantitative estimate of drug-likeness (QED) is 0.512. The van der Waals surface area contributed by atoms with Gasteiger partial charge in [-0.05, 0) is 35.9 Å². The van der Waals surface area contributed by atoms with E-state index in [-0.39, 0.29) is 6.04 Å². The Bertz CT molecular complexity index is 560. The summed E-state index contributed by atoms with van der Waals surface area (Å²) >= 11 is 9.64. The van der Waals surface area contributed by atoms with E-state index in [1.165, 1.54) is 0 Å². The molecule has 0 radical (unpaired) electrons. The molecule has 20 heavy (non-hydrogen) atoms. The molecule has 1 aromatic heterocycles. The topological polar surface area (TPSA) is 51.3 Å². The van der Waals surface area contributed by atoms with Crippen LogP contribution in [0.5, 0.6) is 0 Å². The first-order chi connectivity index (χ1) is 9.65. The van der Waals surface area contributed by atoms with Gasteiger partial charge in [0.25, 0.3) is 0 Å². The van der Waals surface area contributed by atoms with Gasteiger partial charge in [-0.15, -0.1) is 0 Å². The minimum Gasteiger partial charge on any atom is -0.361 e. The van der Waals surface area contributed by atoms with Crippen LogP contribution in [0.1, 0.15) is 31.4 Å². The van der Waals surface area contributed by atoms with Gasteiger partial charge in [-0.1, -0.05) is 35.3 Å². The first-order valence-corrected chi connectivity index (χ1v) is 7.85. The van der Waals surface area contributed by atoms with Crippen LogP contribution in [0.25, 0.3) is 10.9 Å². The molecule has 110 valence electrons. The van der Waals surface area contributed by atoms with Crippen LogP contribution in [-0.2, 0) is 0 Å². The monoisotopic (exact) mass is 359 g/mol. The number of aromatic amines is 1. The highest BCUT2D eigenvalue weighted by atomic mass is 79.9. The van der Waals surface area contributed by atoms with Crippen molar-refractivity contribution in [1.82, 2.24) is 14.9 Å². The van der Waals surface area contributed by atoms with Crippen LogP contribution in [0.15, 0.2) is 28.9 Å². The molecule has 0 saturated carbocycles. The summed E-state index contributed by atoms with van der Waals surface area (Å²) < 4.78 is 2.74. The number of H-pyrrole nitrogens is 1. The highest BCUT2D eigenvalue weighted by Gasteiger charge is 2.17. The van der Waals surface area contributed by atoms with E-state index in [2.05, 4.69) is 33.3 Å². The molecule has 2 aromatic rings. The van der Waals surface area contributed by atoms with Gasteiger partial charge in [0.05, 0.1) is 6.04 Å². The van der Waals surface area contributed by atoms with E-state index in [1.807, 2.05) is 24.4 Å². The van der Waals surface area contributed by atoms with E-state index >= 15 is 0 Å². The molecular formula is C14H19BrClN3O. The van der Waals surface area contributed by atoms with E-state index in [0.29, 0.717) is 6.54 Å². The summed E-state index contributed by atoms with van der Waals surface area (Å²) in [5, 5.41) is 10.5. The van der Waals surface area contributed by atoms with Crippen LogP contribution in [0, 0.1) is 0 Å². The molecule has 1 heterocycles. The number of benzene rings is 1. The van der Waals surface area contributed by atoms with Crippen molar-refractivity contribution in [1.29, 1.82) is 0 Å². The number of halogens is 2. The number of rotatable bonds is 7. The molecule has 6 heteroatoms. The van der Waals surface area contributed by atoms with Gasteiger partial charge in [-0.2, -0.15) is 5.48 Å². The van der Waals surface area contributed by atoms with Crippen LogP contribution >= 0.6 is 27.7 Å². The third-order valence-corrected chi connectivity index (χ3v) is 4.14. The maximum Gasteiger partial charge on any atom is 0.0729 e. The predicted molar refractivity (Wildman–Crippen MR) is 86.0 cm³/mol. The molecule has 3 N–H and O–H groups in total. The zero-order valence-corrected chi connectivity index (χ0v) is 13.7. The molecule has 0 fully saturated rings. The van der Waals surface area contributed by atoms with Crippen LogP contribution in [0.4, 0.5) is 0 Å². The normalized spacial score (nSPS) is 13.2. The van der Waals surface area contributed by atoms with Crippen molar-refractivity contribution in [3.63, 3.8) is 0 Å². The Balaban J connectivity index is 2.17. The van der Waals surface area contributed by atoms with E-state index in [0.717, 1.165) is 40.3 Å². The molecule has 0 bridgehead atoms. The Morgan fingerprint density at radius 2 is 2.30 bits per heavy atom. The fourth-order valence-electron chi connectivity index (χ4n) is 2.24. The Labute approximate surface area is 132 Å². The average Bonchev–Trinajstić information content (AvgIpc) is 2.85. The summed E-state index contributed by atoms with van der Waals surface area (Å²) in [6, 6.07) is 5.81. The lowest BCUT2D eigenvalue weighted by Gasteiger charge is -2.20. The van der Waals surface area contributed by atoms with Crippen molar-refractivity contribution in [3.8, 4) is 0 Å². The first kappa shape index (κ1) is 15.8. The minimum absolute atomic E-state index is 0.223. The maximum atomic E-state index is 9.43. The zero-order valence-electron chi connectivity index (χ0n) is 11.4. The predicted octanol–water partition coefficient (Wildman–Crippen LogP) is 4.21. The molecular weight excluding hydrogens is 342 g/mol. The number of nitrogens with one attached hydrogen (secondary N) is 2. The molecule has 0 amide bonds.